The summed E-state index contributed by atoms with van der Waals surface area (Å²) in [6.07, 6.45) is -4.43. The first-order valence-electron chi connectivity index (χ1n) is 15.8. The molecule has 0 spiro atoms. The minimum absolute atomic E-state index is 0.493. The van der Waals surface area contributed by atoms with Crippen LogP contribution in [0, 0.1) is 6.57 Å². The predicted octanol–water partition coefficient (Wildman–Crippen LogP) is 12.5. The molecule has 2 heterocycles. The first kappa shape index (κ1) is 28.7. The number of hydrogen-bond acceptors (Lipinski definition) is 1. The highest BCUT2D eigenvalue weighted by Gasteiger charge is 2.30. The van der Waals surface area contributed by atoms with Gasteiger partial charge in [0.1, 0.15) is 0 Å². The maximum atomic E-state index is 13.4. The van der Waals surface area contributed by atoms with Crippen molar-refractivity contribution < 1.29 is 13.2 Å². The Hall–Kier alpha value is -6.45. The van der Waals surface area contributed by atoms with Crippen LogP contribution in [0.2, 0.25) is 0 Å². The summed E-state index contributed by atoms with van der Waals surface area (Å²) in [5, 5.41) is 7.18. The summed E-state index contributed by atoms with van der Waals surface area (Å²) in [4.78, 5) is 8.78. The molecule has 0 saturated heterocycles. The van der Waals surface area contributed by atoms with Crippen molar-refractivity contribution in [2.75, 3.05) is 0 Å². The van der Waals surface area contributed by atoms with E-state index in [1.165, 1.54) is 12.1 Å². The van der Waals surface area contributed by atoms with Gasteiger partial charge in [0.2, 0.25) is 0 Å². The van der Waals surface area contributed by atoms with Gasteiger partial charge in [-0.1, -0.05) is 84.9 Å². The van der Waals surface area contributed by atoms with Crippen molar-refractivity contribution in [1.82, 2.24) is 9.55 Å². The van der Waals surface area contributed by atoms with Crippen molar-refractivity contribution >= 4 is 59.9 Å². The molecule has 0 atom stereocenters. The van der Waals surface area contributed by atoms with Gasteiger partial charge in [0, 0.05) is 22.0 Å². The lowest BCUT2D eigenvalue weighted by Crippen LogP contribution is -2.05. The number of aromatic nitrogens is 2. The number of fused-ring (bicyclic) bond motifs is 6. The molecule has 0 radical (unpaired) electrons. The Morgan fingerprint density at radius 2 is 1.14 bits per heavy atom. The molecule has 0 aliphatic rings. The monoisotopic (exact) mass is 639 g/mol. The van der Waals surface area contributed by atoms with E-state index in [4.69, 9.17) is 11.6 Å². The Balaban J connectivity index is 1.32. The second-order valence-electron chi connectivity index (χ2n) is 12.2. The van der Waals surface area contributed by atoms with Crippen molar-refractivity contribution in [1.29, 1.82) is 0 Å². The zero-order chi connectivity index (χ0) is 33.3. The van der Waals surface area contributed by atoms with Crippen LogP contribution in [0.25, 0.3) is 87.2 Å². The second kappa shape index (κ2) is 10.8. The zero-order valence-electron chi connectivity index (χ0n) is 25.8. The maximum Gasteiger partial charge on any atom is 0.416 e. The van der Waals surface area contributed by atoms with E-state index in [1.54, 1.807) is 6.07 Å². The third kappa shape index (κ3) is 4.55. The first-order valence-corrected chi connectivity index (χ1v) is 15.8. The Kier molecular flexibility index (Phi) is 6.33. The van der Waals surface area contributed by atoms with Gasteiger partial charge in [-0.25, -0.2) is 9.83 Å². The normalized spacial score (nSPS) is 12.0. The minimum Gasteiger partial charge on any atom is -0.309 e. The highest BCUT2D eigenvalue weighted by atomic mass is 19.4. The van der Waals surface area contributed by atoms with E-state index in [2.05, 4.69) is 83.7 Å². The van der Waals surface area contributed by atoms with Crippen molar-refractivity contribution in [3.05, 3.63) is 163 Å². The molecule has 49 heavy (non-hydrogen) atoms. The van der Waals surface area contributed by atoms with Gasteiger partial charge < -0.3 is 4.57 Å². The van der Waals surface area contributed by atoms with E-state index >= 15 is 0 Å². The van der Waals surface area contributed by atoms with Crippen LogP contribution >= 0.6 is 0 Å². The van der Waals surface area contributed by atoms with Crippen LogP contribution in [0.4, 0.5) is 18.9 Å². The molecule has 0 fully saturated rings. The van der Waals surface area contributed by atoms with E-state index in [1.807, 2.05) is 41.0 Å². The van der Waals surface area contributed by atoms with Crippen LogP contribution in [0.5, 0.6) is 0 Å². The number of hydrogen-bond donors (Lipinski definition) is 0. The number of pyridine rings is 1. The lowest BCUT2D eigenvalue weighted by atomic mass is 9.87. The molecule has 0 bridgehead atoms. The number of rotatable bonds is 3. The van der Waals surface area contributed by atoms with Gasteiger partial charge >= 0.3 is 6.18 Å². The summed E-state index contributed by atoms with van der Waals surface area (Å²) in [6.45, 7) is 7.68. The van der Waals surface area contributed by atoms with Gasteiger partial charge in [0.15, 0.2) is 5.69 Å². The Bertz CT molecular complexity index is 2770. The van der Waals surface area contributed by atoms with E-state index in [-0.39, 0.29) is 0 Å². The number of alkyl halides is 3. The molecule has 3 nitrogen and oxygen atoms in total. The molecular weight excluding hydrogens is 615 g/mol. The van der Waals surface area contributed by atoms with Crippen molar-refractivity contribution in [3.63, 3.8) is 0 Å². The molecule has 232 valence electrons. The van der Waals surface area contributed by atoms with Gasteiger partial charge in [-0.05, 0) is 98.7 Å². The lowest BCUT2D eigenvalue weighted by Gasteiger charge is -2.17. The average Bonchev–Trinajstić information content (AvgIpc) is 3.46. The summed E-state index contributed by atoms with van der Waals surface area (Å²) in [6, 6.07) is 46.1. The fourth-order valence-electron chi connectivity index (χ4n) is 7.23. The Labute approximate surface area is 278 Å². The molecule has 0 aliphatic heterocycles. The quantitative estimate of drug-likeness (QED) is 0.139. The highest BCUT2D eigenvalue weighted by Crippen LogP contribution is 2.45. The third-order valence-corrected chi connectivity index (χ3v) is 9.41. The van der Waals surface area contributed by atoms with Crippen LogP contribution < -0.4 is 0 Å². The molecule has 2 aromatic heterocycles. The molecule has 0 aliphatic carbocycles. The molecule has 0 amide bonds. The minimum atomic E-state index is -4.43. The summed E-state index contributed by atoms with van der Waals surface area (Å²) in [5.74, 6) is 0. The largest absolute Gasteiger partial charge is 0.416 e. The average molecular weight is 640 g/mol. The topological polar surface area (TPSA) is 22.2 Å². The van der Waals surface area contributed by atoms with Gasteiger partial charge in [-0.2, -0.15) is 13.2 Å². The molecule has 6 heteroatoms. The standard InChI is InChI=1S/C43H24F3N3/c1-47-29-18-23-40-36(25-29)35-24-27(15-22-39(35)49(40)30-19-16-28(17-20-30)43(44,45)46)41-31-9-3-5-11-33(31)42(34-12-6-4-10-32(34)41)38-21-14-26-8-2-7-13-37(26)48-38/h2-25H. The zero-order valence-corrected chi connectivity index (χ0v) is 25.8. The predicted molar refractivity (Wildman–Crippen MR) is 193 cm³/mol. The lowest BCUT2D eigenvalue weighted by molar-refractivity contribution is -0.137. The third-order valence-electron chi connectivity index (χ3n) is 9.41. The number of benzene rings is 7. The highest BCUT2D eigenvalue weighted by molar-refractivity contribution is 6.22. The van der Waals surface area contributed by atoms with Crippen molar-refractivity contribution in [2.45, 2.75) is 6.18 Å². The van der Waals surface area contributed by atoms with E-state index < -0.39 is 11.7 Å². The van der Waals surface area contributed by atoms with Gasteiger partial charge in [0.25, 0.3) is 0 Å². The number of para-hydroxylation sites is 1. The summed E-state index contributed by atoms with van der Waals surface area (Å²) < 4.78 is 42.2. The van der Waals surface area contributed by atoms with E-state index in [0.29, 0.717) is 11.4 Å². The van der Waals surface area contributed by atoms with Crippen LogP contribution in [-0.4, -0.2) is 9.55 Å². The van der Waals surface area contributed by atoms with Crippen molar-refractivity contribution in [2.24, 2.45) is 0 Å². The first-order chi connectivity index (χ1) is 23.9. The van der Waals surface area contributed by atoms with Crippen molar-refractivity contribution in [3.8, 4) is 28.1 Å². The summed E-state index contributed by atoms with van der Waals surface area (Å²) in [5.41, 5.74) is 7.04. The molecule has 9 aromatic rings. The van der Waals surface area contributed by atoms with E-state index in [0.717, 1.165) is 88.8 Å². The van der Waals surface area contributed by atoms with Crippen LogP contribution in [0.3, 0.4) is 0 Å². The number of halogens is 3. The maximum absolute atomic E-state index is 13.4. The molecular formula is C43H24F3N3. The molecule has 7 aromatic carbocycles. The van der Waals surface area contributed by atoms with Gasteiger partial charge in [-0.15, -0.1) is 0 Å². The molecule has 0 unspecified atom stereocenters. The smallest absolute Gasteiger partial charge is 0.309 e. The molecule has 9 rings (SSSR count). The summed E-state index contributed by atoms with van der Waals surface area (Å²) in [7, 11) is 0. The Morgan fingerprint density at radius 1 is 0.551 bits per heavy atom. The van der Waals surface area contributed by atoms with Gasteiger partial charge in [-0.3, -0.25) is 0 Å². The molecule has 0 saturated carbocycles. The summed E-state index contributed by atoms with van der Waals surface area (Å²) >= 11 is 0. The van der Waals surface area contributed by atoms with Crippen LogP contribution in [0.15, 0.2) is 146 Å². The fraction of sp³-hybridized carbons (Fsp3) is 0.0233. The SMILES string of the molecule is [C-]#[N+]c1ccc2c(c1)c1cc(-c3c4ccccc4c(-c4ccc5ccccc5n4)c4ccccc34)ccc1n2-c1ccc(C(F)(F)F)cc1. The Morgan fingerprint density at radius 3 is 1.80 bits per heavy atom. The number of nitrogens with zero attached hydrogens (tertiary/aromatic N) is 3. The van der Waals surface area contributed by atoms with Crippen LogP contribution in [-0.2, 0) is 6.18 Å². The fourth-order valence-corrected chi connectivity index (χ4v) is 7.23. The van der Waals surface area contributed by atoms with Gasteiger partial charge in [0.05, 0.1) is 34.4 Å². The van der Waals surface area contributed by atoms with E-state index in [9.17, 15) is 13.2 Å². The second-order valence-corrected chi connectivity index (χ2v) is 12.2. The molecule has 0 N–H and O–H groups in total. The van der Waals surface area contributed by atoms with Crippen LogP contribution in [0.1, 0.15) is 5.56 Å².